The van der Waals surface area contributed by atoms with Gasteiger partial charge >= 0.3 is 12.1 Å². The van der Waals surface area contributed by atoms with E-state index in [1.807, 2.05) is 6.92 Å². The van der Waals surface area contributed by atoms with E-state index in [1.165, 1.54) is 17.0 Å². The molecule has 1 N–H and O–H groups in total. The Balaban J connectivity index is 1.31. The number of benzene rings is 1. The van der Waals surface area contributed by atoms with Gasteiger partial charge in [0, 0.05) is 37.3 Å². The minimum atomic E-state index is -4.60. The third kappa shape index (κ3) is 5.64. The standard InChI is InChI=1S/C27H28ClF4N3O4/c1-26(6-8-34(13-26)23-10-18(27(30,31)32)19(28)12-33-23)14-39-22-11-20(29)17(9-16(22)15-4-5-15)24(36)35-7-2-3-21(35)25(37)38/h9-12,15,21H,2-8,13-14H2,1H3,(H,37,38)/t21-,26-/m0/s1. The molecule has 2 saturated heterocycles. The summed E-state index contributed by atoms with van der Waals surface area (Å²) in [6, 6.07) is 2.66. The highest BCUT2D eigenvalue weighted by atomic mass is 35.5. The summed E-state index contributed by atoms with van der Waals surface area (Å²) < 4.78 is 61.2. The van der Waals surface area contributed by atoms with Gasteiger partial charge in [0.05, 0.1) is 22.8 Å². The molecule has 0 bridgehead atoms. The maximum absolute atomic E-state index is 15.2. The van der Waals surface area contributed by atoms with Crippen molar-refractivity contribution >= 4 is 29.3 Å². The number of anilines is 1. The number of hydrogen-bond acceptors (Lipinski definition) is 5. The van der Waals surface area contributed by atoms with Gasteiger partial charge in [0.15, 0.2) is 0 Å². The van der Waals surface area contributed by atoms with Crippen LogP contribution in [-0.2, 0) is 11.0 Å². The van der Waals surface area contributed by atoms with E-state index in [1.54, 1.807) is 4.90 Å². The fourth-order valence-corrected chi connectivity index (χ4v) is 5.61. The summed E-state index contributed by atoms with van der Waals surface area (Å²) in [7, 11) is 0. The van der Waals surface area contributed by atoms with Gasteiger partial charge in [0.25, 0.3) is 5.91 Å². The van der Waals surface area contributed by atoms with Gasteiger partial charge in [-0.25, -0.2) is 14.2 Å². The zero-order valence-corrected chi connectivity index (χ0v) is 22.0. The summed E-state index contributed by atoms with van der Waals surface area (Å²) in [4.78, 5) is 31.6. The zero-order valence-electron chi connectivity index (χ0n) is 21.2. The molecule has 1 amide bonds. The van der Waals surface area contributed by atoms with E-state index in [9.17, 15) is 27.9 Å². The molecule has 12 heteroatoms. The lowest BCUT2D eigenvalue weighted by molar-refractivity contribution is -0.141. The second-order valence-electron chi connectivity index (χ2n) is 10.9. The molecule has 1 aromatic carbocycles. The molecule has 1 aromatic heterocycles. The molecule has 2 aliphatic heterocycles. The summed E-state index contributed by atoms with van der Waals surface area (Å²) in [5.41, 5.74) is -0.847. The van der Waals surface area contributed by atoms with Gasteiger partial charge in [-0.3, -0.25) is 4.79 Å². The predicted octanol–water partition coefficient (Wildman–Crippen LogP) is 5.75. The molecule has 7 nitrogen and oxygen atoms in total. The van der Waals surface area contributed by atoms with Crippen molar-refractivity contribution in [1.29, 1.82) is 0 Å². The van der Waals surface area contributed by atoms with Gasteiger partial charge in [-0.05, 0) is 55.7 Å². The Kier molecular flexibility index (Phi) is 7.15. The van der Waals surface area contributed by atoms with Crippen molar-refractivity contribution in [2.24, 2.45) is 5.41 Å². The van der Waals surface area contributed by atoms with Crippen LogP contribution in [-0.4, -0.2) is 59.1 Å². The zero-order chi connectivity index (χ0) is 28.1. The van der Waals surface area contributed by atoms with E-state index in [2.05, 4.69) is 4.98 Å². The topological polar surface area (TPSA) is 83.0 Å². The van der Waals surface area contributed by atoms with Crippen molar-refractivity contribution in [2.75, 3.05) is 31.1 Å². The summed E-state index contributed by atoms with van der Waals surface area (Å²) in [5.74, 6) is -1.91. The van der Waals surface area contributed by atoms with Gasteiger partial charge in [-0.1, -0.05) is 18.5 Å². The number of halogens is 5. The van der Waals surface area contributed by atoms with E-state index >= 15 is 4.39 Å². The van der Waals surface area contributed by atoms with Crippen LogP contribution in [0.25, 0.3) is 0 Å². The third-order valence-corrected chi connectivity index (χ3v) is 8.05. The number of ether oxygens (including phenoxy) is 1. The van der Waals surface area contributed by atoms with Crippen molar-refractivity contribution in [1.82, 2.24) is 9.88 Å². The molecule has 210 valence electrons. The van der Waals surface area contributed by atoms with Gasteiger partial charge in [-0.2, -0.15) is 13.2 Å². The first-order valence-corrected chi connectivity index (χ1v) is 13.2. The van der Waals surface area contributed by atoms with E-state index in [-0.39, 0.29) is 30.5 Å². The molecule has 39 heavy (non-hydrogen) atoms. The second-order valence-corrected chi connectivity index (χ2v) is 11.3. The smallest absolute Gasteiger partial charge is 0.418 e. The normalized spacial score (nSPS) is 23.4. The number of carbonyl (C=O) groups excluding carboxylic acids is 1. The molecule has 0 unspecified atom stereocenters. The van der Waals surface area contributed by atoms with Crippen molar-refractivity contribution in [3.05, 3.63) is 51.9 Å². The Morgan fingerprint density at radius 2 is 1.95 bits per heavy atom. The first-order valence-electron chi connectivity index (χ1n) is 12.8. The van der Waals surface area contributed by atoms with E-state index < -0.39 is 45.9 Å². The van der Waals surface area contributed by atoms with Crippen molar-refractivity contribution < 1.29 is 37.0 Å². The van der Waals surface area contributed by atoms with Crippen LogP contribution < -0.4 is 9.64 Å². The maximum atomic E-state index is 15.2. The fourth-order valence-electron chi connectivity index (χ4n) is 5.40. The predicted molar refractivity (Wildman–Crippen MR) is 135 cm³/mol. The summed E-state index contributed by atoms with van der Waals surface area (Å²) in [6.45, 7) is 3.22. The first-order chi connectivity index (χ1) is 18.4. The van der Waals surface area contributed by atoms with Crippen LogP contribution in [0.3, 0.4) is 0 Å². The average Bonchev–Trinajstić information content (AvgIpc) is 3.45. The summed E-state index contributed by atoms with van der Waals surface area (Å²) in [5, 5.41) is 8.96. The van der Waals surface area contributed by atoms with Crippen LogP contribution in [0.2, 0.25) is 5.02 Å². The Labute approximate surface area is 227 Å². The number of carbonyl (C=O) groups is 2. The summed E-state index contributed by atoms with van der Waals surface area (Å²) in [6.07, 6.45) is -0.376. The molecule has 5 rings (SSSR count). The van der Waals surface area contributed by atoms with Crippen LogP contribution in [0.1, 0.15) is 66.4 Å². The van der Waals surface area contributed by atoms with Crippen molar-refractivity contribution in [3.63, 3.8) is 0 Å². The molecular formula is C27H28ClF4N3O4. The average molecular weight is 570 g/mol. The molecular weight excluding hydrogens is 542 g/mol. The fraction of sp³-hybridized carbons (Fsp3) is 0.519. The number of carboxylic acids is 1. The Bertz CT molecular complexity index is 1300. The largest absolute Gasteiger partial charge is 0.493 e. The lowest BCUT2D eigenvalue weighted by Crippen LogP contribution is -2.40. The number of aliphatic carboxylic acids is 1. The number of aromatic nitrogens is 1. The van der Waals surface area contributed by atoms with Crippen LogP contribution in [0.4, 0.5) is 23.4 Å². The minimum Gasteiger partial charge on any atom is -0.493 e. The van der Waals surface area contributed by atoms with E-state index in [0.717, 1.165) is 25.1 Å². The minimum absolute atomic E-state index is 0.118. The highest BCUT2D eigenvalue weighted by Gasteiger charge is 2.40. The molecule has 0 spiro atoms. The third-order valence-electron chi connectivity index (χ3n) is 7.75. The molecule has 3 aliphatic rings. The second kappa shape index (κ2) is 10.1. The van der Waals surface area contributed by atoms with Gasteiger partial charge in [0.1, 0.15) is 23.4 Å². The lowest BCUT2D eigenvalue weighted by Gasteiger charge is -2.27. The van der Waals surface area contributed by atoms with E-state index in [0.29, 0.717) is 43.7 Å². The lowest BCUT2D eigenvalue weighted by atomic mass is 9.91. The first kappa shape index (κ1) is 27.5. The number of alkyl halides is 3. The number of nitrogens with zero attached hydrogens (tertiary/aromatic N) is 3. The molecule has 1 saturated carbocycles. The van der Waals surface area contributed by atoms with E-state index in [4.69, 9.17) is 16.3 Å². The number of carboxylic acid groups (broad SMARTS) is 1. The molecule has 2 atom stereocenters. The molecule has 3 heterocycles. The molecule has 2 aromatic rings. The number of amides is 1. The Hall–Kier alpha value is -3.08. The SMILES string of the molecule is C[C@]1(COc2cc(F)c(C(=O)N3CCC[C@H]3C(=O)O)cc2C2CC2)CCN(c2cc(C(F)(F)F)c(Cl)cn2)C1. The van der Waals surface area contributed by atoms with Crippen LogP contribution in [0.15, 0.2) is 24.4 Å². The number of rotatable bonds is 7. The number of likely N-dealkylation sites (tertiary alicyclic amines) is 1. The van der Waals surface area contributed by atoms with Crippen LogP contribution in [0.5, 0.6) is 5.75 Å². The van der Waals surface area contributed by atoms with Crippen LogP contribution >= 0.6 is 11.6 Å². The quantitative estimate of drug-likeness (QED) is 0.427. The number of hydrogen-bond donors (Lipinski definition) is 1. The Morgan fingerprint density at radius 3 is 2.62 bits per heavy atom. The van der Waals surface area contributed by atoms with Gasteiger partial charge < -0.3 is 19.6 Å². The molecule has 1 aliphatic carbocycles. The monoisotopic (exact) mass is 569 g/mol. The molecule has 0 radical (unpaired) electrons. The summed E-state index contributed by atoms with van der Waals surface area (Å²) >= 11 is 5.71. The van der Waals surface area contributed by atoms with Gasteiger partial charge in [0.2, 0.25) is 0 Å². The highest BCUT2D eigenvalue weighted by Crippen LogP contribution is 2.46. The molecule has 3 fully saturated rings. The van der Waals surface area contributed by atoms with Crippen LogP contribution in [0, 0.1) is 11.2 Å². The van der Waals surface area contributed by atoms with Gasteiger partial charge in [-0.15, -0.1) is 0 Å². The number of pyridine rings is 1. The highest BCUT2D eigenvalue weighted by molar-refractivity contribution is 6.31. The van der Waals surface area contributed by atoms with Crippen molar-refractivity contribution in [2.45, 2.75) is 57.2 Å². The van der Waals surface area contributed by atoms with Crippen molar-refractivity contribution in [3.8, 4) is 5.75 Å². The maximum Gasteiger partial charge on any atom is 0.418 e. The Morgan fingerprint density at radius 1 is 1.21 bits per heavy atom.